The zero-order chi connectivity index (χ0) is 17.2. The number of hydrogen-bond donors (Lipinski definition) is 0. The fourth-order valence-corrected chi connectivity index (χ4v) is 4.67. The number of unbranched alkanes of at least 4 members (excludes halogenated alkanes) is 1. The van der Waals surface area contributed by atoms with Crippen LogP contribution in [0.4, 0.5) is 10.1 Å². The van der Waals surface area contributed by atoms with Crippen LogP contribution in [0.1, 0.15) is 31.9 Å². The van der Waals surface area contributed by atoms with Crippen molar-refractivity contribution in [1.29, 1.82) is 0 Å². The maximum atomic E-state index is 13.1. The molecule has 3 rings (SSSR count). The molecule has 0 saturated heterocycles. The van der Waals surface area contributed by atoms with Crippen LogP contribution in [-0.4, -0.2) is 25.7 Å². The number of halogens is 1. The van der Waals surface area contributed by atoms with Crippen LogP contribution in [0, 0.1) is 5.82 Å². The van der Waals surface area contributed by atoms with Gasteiger partial charge >= 0.3 is 0 Å². The van der Waals surface area contributed by atoms with Crippen LogP contribution in [0.2, 0.25) is 0 Å². The maximum Gasteiger partial charge on any atom is 0.235 e. The quantitative estimate of drug-likeness (QED) is 0.826. The maximum absolute atomic E-state index is 13.1. The Balaban J connectivity index is 1.94. The Kier molecular flexibility index (Phi) is 4.85. The molecule has 0 amide bonds. The molecular formula is C18H21FN2O2S. The lowest BCUT2D eigenvalue weighted by atomic mass is 10.1. The van der Waals surface area contributed by atoms with Crippen molar-refractivity contribution in [3.05, 3.63) is 47.9 Å². The highest BCUT2D eigenvalue weighted by Crippen LogP contribution is 2.31. The molecule has 128 valence electrons. The summed E-state index contributed by atoms with van der Waals surface area (Å²) >= 11 is 0. The van der Waals surface area contributed by atoms with Crippen LogP contribution in [0.5, 0.6) is 0 Å². The number of aryl methyl sites for hydroxylation is 1. The molecule has 0 N–H and O–H groups in total. The number of rotatable bonds is 5. The van der Waals surface area contributed by atoms with E-state index in [9.17, 15) is 12.8 Å². The third kappa shape index (κ3) is 3.43. The number of pyridine rings is 1. The van der Waals surface area contributed by atoms with Crippen LogP contribution in [0.15, 0.2) is 36.4 Å². The molecule has 0 spiro atoms. The summed E-state index contributed by atoms with van der Waals surface area (Å²) in [5.41, 5.74) is 3.04. The predicted molar refractivity (Wildman–Crippen MR) is 94.0 cm³/mol. The molecule has 0 unspecified atom stereocenters. The first kappa shape index (κ1) is 16.9. The highest BCUT2D eigenvalue weighted by molar-refractivity contribution is 7.92. The van der Waals surface area contributed by atoms with Crippen molar-refractivity contribution in [2.24, 2.45) is 0 Å². The first-order valence-corrected chi connectivity index (χ1v) is 9.88. The number of hydrogen-bond acceptors (Lipinski definition) is 3. The van der Waals surface area contributed by atoms with E-state index in [1.807, 2.05) is 13.0 Å². The molecule has 4 nitrogen and oxygen atoms in total. The van der Waals surface area contributed by atoms with Crippen LogP contribution in [0.3, 0.4) is 0 Å². The van der Waals surface area contributed by atoms with Gasteiger partial charge in [0.15, 0.2) is 0 Å². The summed E-state index contributed by atoms with van der Waals surface area (Å²) in [4.78, 5) is 4.63. The van der Waals surface area contributed by atoms with Gasteiger partial charge in [0.05, 0.1) is 22.8 Å². The number of nitrogens with zero attached hydrogens (tertiary/aromatic N) is 2. The molecule has 1 aliphatic rings. The normalized spacial score (nSPS) is 14.5. The fraction of sp³-hybridized carbons (Fsp3) is 0.389. The van der Waals surface area contributed by atoms with Crippen molar-refractivity contribution in [3.63, 3.8) is 0 Å². The van der Waals surface area contributed by atoms with E-state index >= 15 is 0 Å². The molecule has 24 heavy (non-hydrogen) atoms. The topological polar surface area (TPSA) is 50.3 Å². The second-order valence-electron chi connectivity index (χ2n) is 6.01. The van der Waals surface area contributed by atoms with Gasteiger partial charge in [-0.25, -0.2) is 12.8 Å². The number of benzene rings is 1. The molecule has 1 aromatic carbocycles. The van der Waals surface area contributed by atoms with Crippen LogP contribution in [0.25, 0.3) is 11.3 Å². The molecule has 0 bridgehead atoms. The lowest BCUT2D eigenvalue weighted by molar-refractivity contribution is 0.582. The second-order valence-corrected chi connectivity index (χ2v) is 8.03. The molecule has 6 heteroatoms. The van der Waals surface area contributed by atoms with Gasteiger partial charge in [-0.15, -0.1) is 0 Å². The zero-order valence-corrected chi connectivity index (χ0v) is 14.5. The van der Waals surface area contributed by atoms with Gasteiger partial charge in [-0.05, 0) is 55.7 Å². The Morgan fingerprint density at radius 1 is 1.17 bits per heavy atom. The standard InChI is InChI=1S/C18H21FN2O2S/c1-2-3-13-24(22,23)21-12-4-5-17-18(21)11-10-16(20-17)14-6-8-15(19)9-7-14/h6-11H,2-5,12-13H2,1H3. The number of fused-ring (bicyclic) bond motifs is 1. The summed E-state index contributed by atoms with van der Waals surface area (Å²) in [5.74, 6) is -0.118. The third-order valence-corrected chi connectivity index (χ3v) is 6.08. The Hall–Kier alpha value is -1.95. The van der Waals surface area contributed by atoms with Gasteiger partial charge in [-0.3, -0.25) is 9.29 Å². The van der Waals surface area contributed by atoms with Crippen molar-refractivity contribution in [3.8, 4) is 11.3 Å². The minimum atomic E-state index is -3.30. The molecule has 0 aliphatic carbocycles. The van der Waals surface area contributed by atoms with E-state index in [0.717, 1.165) is 36.2 Å². The van der Waals surface area contributed by atoms with Gasteiger partial charge in [-0.1, -0.05) is 13.3 Å². The molecule has 0 fully saturated rings. The Morgan fingerprint density at radius 3 is 2.62 bits per heavy atom. The van der Waals surface area contributed by atoms with E-state index in [2.05, 4.69) is 4.98 Å². The highest BCUT2D eigenvalue weighted by Gasteiger charge is 2.27. The van der Waals surface area contributed by atoms with E-state index in [4.69, 9.17) is 0 Å². The molecule has 0 atom stereocenters. The van der Waals surface area contributed by atoms with E-state index in [-0.39, 0.29) is 11.6 Å². The first-order valence-electron chi connectivity index (χ1n) is 8.27. The number of aromatic nitrogens is 1. The summed E-state index contributed by atoms with van der Waals surface area (Å²) in [6, 6.07) is 9.80. The van der Waals surface area contributed by atoms with Crippen LogP contribution < -0.4 is 4.31 Å². The van der Waals surface area contributed by atoms with Gasteiger partial charge in [-0.2, -0.15) is 0 Å². The second kappa shape index (κ2) is 6.89. The summed E-state index contributed by atoms with van der Waals surface area (Å²) in [5, 5.41) is 0. The summed E-state index contributed by atoms with van der Waals surface area (Å²) in [7, 11) is -3.30. The van der Waals surface area contributed by atoms with Crippen molar-refractivity contribution in [1.82, 2.24) is 4.98 Å². The highest BCUT2D eigenvalue weighted by atomic mass is 32.2. The number of sulfonamides is 1. The van der Waals surface area contributed by atoms with Crippen LogP contribution >= 0.6 is 0 Å². The third-order valence-electron chi connectivity index (χ3n) is 4.23. The van der Waals surface area contributed by atoms with Crippen LogP contribution in [-0.2, 0) is 16.4 Å². The summed E-state index contributed by atoms with van der Waals surface area (Å²) in [6.07, 6.45) is 3.03. The average Bonchev–Trinajstić information content (AvgIpc) is 2.59. The lowest BCUT2D eigenvalue weighted by Crippen LogP contribution is -2.37. The van der Waals surface area contributed by atoms with Gasteiger partial charge in [0, 0.05) is 12.1 Å². The van der Waals surface area contributed by atoms with Gasteiger partial charge in [0.2, 0.25) is 10.0 Å². The Bertz CT molecular complexity index is 819. The van der Waals surface area contributed by atoms with Crippen molar-refractivity contribution in [2.75, 3.05) is 16.6 Å². The monoisotopic (exact) mass is 348 g/mol. The lowest BCUT2D eigenvalue weighted by Gasteiger charge is -2.30. The smallest absolute Gasteiger partial charge is 0.235 e. The first-order chi connectivity index (χ1) is 11.5. The SMILES string of the molecule is CCCCS(=O)(=O)N1CCCc2nc(-c3ccc(F)cc3)ccc21. The molecule has 1 aromatic heterocycles. The van der Waals surface area contributed by atoms with E-state index in [1.54, 1.807) is 18.2 Å². The number of anilines is 1. The molecule has 1 aliphatic heterocycles. The summed E-state index contributed by atoms with van der Waals surface area (Å²) < 4.78 is 39.7. The molecular weight excluding hydrogens is 327 g/mol. The minimum Gasteiger partial charge on any atom is -0.268 e. The van der Waals surface area contributed by atoms with Crippen molar-refractivity contribution in [2.45, 2.75) is 32.6 Å². The van der Waals surface area contributed by atoms with E-state index < -0.39 is 10.0 Å². The van der Waals surface area contributed by atoms with E-state index in [0.29, 0.717) is 18.7 Å². The average molecular weight is 348 g/mol. The fourth-order valence-electron chi connectivity index (χ4n) is 2.92. The molecule has 0 radical (unpaired) electrons. The minimum absolute atomic E-state index is 0.169. The zero-order valence-electron chi connectivity index (χ0n) is 13.7. The van der Waals surface area contributed by atoms with E-state index in [1.165, 1.54) is 16.4 Å². The largest absolute Gasteiger partial charge is 0.268 e. The Morgan fingerprint density at radius 2 is 1.92 bits per heavy atom. The Labute approximate surface area is 142 Å². The summed E-state index contributed by atoms with van der Waals surface area (Å²) in [6.45, 7) is 2.49. The van der Waals surface area contributed by atoms with Crippen molar-refractivity contribution < 1.29 is 12.8 Å². The van der Waals surface area contributed by atoms with Crippen molar-refractivity contribution >= 4 is 15.7 Å². The molecule has 2 aromatic rings. The molecule has 2 heterocycles. The van der Waals surface area contributed by atoms with Gasteiger partial charge < -0.3 is 0 Å². The predicted octanol–water partition coefficient (Wildman–Crippen LogP) is 3.77. The molecule has 0 saturated carbocycles. The van der Waals surface area contributed by atoms with Gasteiger partial charge in [0.1, 0.15) is 5.82 Å². The van der Waals surface area contributed by atoms with Gasteiger partial charge in [0.25, 0.3) is 0 Å².